The number of phenols is 1. The molecule has 1 saturated heterocycles. The van der Waals surface area contributed by atoms with E-state index in [1.165, 1.54) is 12.1 Å². The van der Waals surface area contributed by atoms with Crippen LogP contribution in [-0.4, -0.2) is 41.0 Å². The summed E-state index contributed by atoms with van der Waals surface area (Å²) in [6.45, 7) is 1.26. The minimum absolute atomic E-state index is 0.0404. The number of pyridine rings is 1. The molecule has 2 aliphatic rings. The molecule has 6 nitrogen and oxygen atoms in total. The number of ether oxygens (including phenoxy) is 2. The number of halogens is 1. The van der Waals surface area contributed by atoms with E-state index in [0.717, 1.165) is 41.3 Å². The quantitative estimate of drug-likeness (QED) is 0.531. The summed E-state index contributed by atoms with van der Waals surface area (Å²) in [5, 5.41) is 20.7. The van der Waals surface area contributed by atoms with Gasteiger partial charge in [-0.25, -0.2) is 9.37 Å². The van der Waals surface area contributed by atoms with Gasteiger partial charge in [0.15, 0.2) is 0 Å². The van der Waals surface area contributed by atoms with E-state index in [-0.39, 0.29) is 24.1 Å². The molecule has 33 heavy (non-hydrogen) atoms. The van der Waals surface area contributed by atoms with E-state index < -0.39 is 11.4 Å². The van der Waals surface area contributed by atoms with Gasteiger partial charge in [-0.05, 0) is 67.0 Å². The molecule has 0 bridgehead atoms. The molecular weight excluding hydrogens is 425 g/mol. The van der Waals surface area contributed by atoms with E-state index in [1.807, 2.05) is 6.07 Å². The number of carbonyl (C=O) groups is 1. The molecule has 0 amide bonds. The minimum Gasteiger partial charge on any atom is -0.508 e. The molecule has 1 aliphatic carbocycles. The molecule has 1 saturated carbocycles. The molecule has 5 rings (SSSR count). The van der Waals surface area contributed by atoms with Gasteiger partial charge in [-0.2, -0.15) is 0 Å². The Balaban J connectivity index is 1.70. The third kappa shape index (κ3) is 4.02. The van der Waals surface area contributed by atoms with Gasteiger partial charge in [0, 0.05) is 30.2 Å². The molecule has 1 aliphatic heterocycles. The Morgan fingerprint density at radius 3 is 2.52 bits per heavy atom. The van der Waals surface area contributed by atoms with E-state index >= 15 is 0 Å². The first-order chi connectivity index (χ1) is 16.0. The van der Waals surface area contributed by atoms with Crippen molar-refractivity contribution in [2.45, 2.75) is 38.0 Å². The van der Waals surface area contributed by atoms with Gasteiger partial charge in [-0.1, -0.05) is 18.6 Å². The molecule has 7 heteroatoms. The molecule has 0 spiro atoms. The number of aromatic hydroxyl groups is 1. The normalized spacial score (nSPS) is 18.1. The van der Waals surface area contributed by atoms with E-state index in [9.17, 15) is 19.4 Å². The SMILES string of the molecule is O=C(O)C1(COc2nc3cc(O)ccc3c(-c3ccc(F)cc3)c2C2CCOCC2)CCC1. The highest BCUT2D eigenvalue weighted by molar-refractivity contribution is 5.98. The first-order valence-corrected chi connectivity index (χ1v) is 11.3. The molecule has 0 unspecified atom stereocenters. The summed E-state index contributed by atoms with van der Waals surface area (Å²) >= 11 is 0. The largest absolute Gasteiger partial charge is 0.508 e. The van der Waals surface area contributed by atoms with Crippen LogP contribution in [0.25, 0.3) is 22.0 Å². The van der Waals surface area contributed by atoms with Crippen LogP contribution in [0.2, 0.25) is 0 Å². The average molecular weight is 451 g/mol. The average Bonchev–Trinajstić information content (AvgIpc) is 2.78. The molecule has 0 atom stereocenters. The number of benzene rings is 2. The fourth-order valence-electron chi connectivity index (χ4n) is 4.88. The topological polar surface area (TPSA) is 88.9 Å². The number of hydrogen-bond acceptors (Lipinski definition) is 5. The zero-order valence-corrected chi connectivity index (χ0v) is 18.2. The Morgan fingerprint density at radius 2 is 1.88 bits per heavy atom. The van der Waals surface area contributed by atoms with Crippen molar-refractivity contribution < 1.29 is 28.9 Å². The highest BCUT2D eigenvalue weighted by Crippen LogP contribution is 2.46. The number of fused-ring (bicyclic) bond motifs is 1. The molecule has 0 radical (unpaired) electrons. The van der Waals surface area contributed by atoms with Crippen molar-refractivity contribution in [1.82, 2.24) is 4.98 Å². The number of aromatic nitrogens is 1. The van der Waals surface area contributed by atoms with Crippen LogP contribution in [0, 0.1) is 11.2 Å². The van der Waals surface area contributed by atoms with Crippen LogP contribution in [0.5, 0.6) is 11.6 Å². The van der Waals surface area contributed by atoms with Gasteiger partial charge < -0.3 is 19.7 Å². The Kier molecular flexibility index (Phi) is 5.66. The van der Waals surface area contributed by atoms with Crippen molar-refractivity contribution in [2.75, 3.05) is 19.8 Å². The number of nitrogens with zero attached hydrogens (tertiary/aromatic N) is 1. The standard InChI is InChI=1S/C26H26FNO5/c27-18-4-2-16(3-5-18)22-20-7-6-19(29)14-21(20)28-24(23(22)17-8-12-32-13-9-17)33-15-26(25(30)31)10-1-11-26/h2-7,14,17,29H,1,8-13,15H2,(H,30,31). The highest BCUT2D eigenvalue weighted by Gasteiger charge is 2.45. The lowest BCUT2D eigenvalue weighted by molar-refractivity contribution is -0.157. The predicted molar refractivity (Wildman–Crippen MR) is 121 cm³/mol. The Morgan fingerprint density at radius 1 is 1.15 bits per heavy atom. The van der Waals surface area contributed by atoms with Crippen LogP contribution in [0.15, 0.2) is 42.5 Å². The van der Waals surface area contributed by atoms with E-state index in [1.54, 1.807) is 24.3 Å². The highest BCUT2D eigenvalue weighted by atomic mass is 19.1. The van der Waals surface area contributed by atoms with Crippen molar-refractivity contribution in [2.24, 2.45) is 5.41 Å². The molecule has 2 fully saturated rings. The molecular formula is C26H26FNO5. The van der Waals surface area contributed by atoms with Crippen LogP contribution in [0.1, 0.15) is 43.6 Å². The van der Waals surface area contributed by atoms with Gasteiger partial charge in [0.1, 0.15) is 23.6 Å². The second-order valence-electron chi connectivity index (χ2n) is 9.03. The number of hydrogen-bond donors (Lipinski definition) is 2. The van der Waals surface area contributed by atoms with Crippen LogP contribution in [0.4, 0.5) is 4.39 Å². The van der Waals surface area contributed by atoms with Crippen molar-refractivity contribution in [3.05, 3.63) is 53.8 Å². The summed E-state index contributed by atoms with van der Waals surface area (Å²) in [6, 6.07) is 11.3. The van der Waals surface area contributed by atoms with Crippen molar-refractivity contribution in [3.8, 4) is 22.8 Å². The van der Waals surface area contributed by atoms with Crippen molar-refractivity contribution in [1.29, 1.82) is 0 Å². The third-order valence-corrected chi connectivity index (χ3v) is 6.98. The number of phenolic OH excluding ortho intramolecular Hbond substituents is 1. The smallest absolute Gasteiger partial charge is 0.313 e. The number of aliphatic carboxylic acids is 1. The number of carboxylic acid groups (broad SMARTS) is 1. The summed E-state index contributed by atoms with van der Waals surface area (Å²) in [5.74, 6) is -0.620. The van der Waals surface area contributed by atoms with Gasteiger partial charge in [-0.3, -0.25) is 4.79 Å². The molecule has 2 aromatic carbocycles. The Bertz CT molecular complexity index is 1180. The van der Waals surface area contributed by atoms with E-state index in [4.69, 9.17) is 14.5 Å². The van der Waals surface area contributed by atoms with Gasteiger partial charge in [0.2, 0.25) is 5.88 Å². The first kappa shape index (κ1) is 21.6. The molecule has 1 aromatic heterocycles. The zero-order chi connectivity index (χ0) is 23.0. The third-order valence-electron chi connectivity index (χ3n) is 6.98. The fraction of sp³-hybridized carbons (Fsp3) is 0.385. The second-order valence-corrected chi connectivity index (χ2v) is 9.03. The van der Waals surface area contributed by atoms with E-state index in [0.29, 0.717) is 37.5 Å². The zero-order valence-electron chi connectivity index (χ0n) is 18.2. The summed E-state index contributed by atoms with van der Waals surface area (Å²) in [5.41, 5.74) is 2.23. The minimum atomic E-state index is -0.890. The molecule has 2 N–H and O–H groups in total. The summed E-state index contributed by atoms with van der Waals surface area (Å²) in [6.07, 6.45) is 3.57. The molecule has 2 heterocycles. The van der Waals surface area contributed by atoms with Gasteiger partial charge in [0.05, 0.1) is 5.52 Å². The maximum Gasteiger partial charge on any atom is 0.313 e. The van der Waals surface area contributed by atoms with Crippen molar-refractivity contribution >= 4 is 16.9 Å². The summed E-state index contributed by atoms with van der Waals surface area (Å²) in [7, 11) is 0. The lowest BCUT2D eigenvalue weighted by atomic mass is 9.69. The lowest BCUT2D eigenvalue weighted by Crippen LogP contribution is -2.43. The van der Waals surface area contributed by atoms with Crippen LogP contribution in [-0.2, 0) is 9.53 Å². The van der Waals surface area contributed by atoms with Crippen LogP contribution >= 0.6 is 0 Å². The van der Waals surface area contributed by atoms with Gasteiger partial charge >= 0.3 is 5.97 Å². The molecule has 172 valence electrons. The Labute approximate surface area is 191 Å². The van der Waals surface area contributed by atoms with E-state index in [2.05, 4.69) is 0 Å². The van der Waals surface area contributed by atoms with Crippen LogP contribution < -0.4 is 4.74 Å². The Hall–Kier alpha value is -3.19. The molecule has 3 aromatic rings. The maximum absolute atomic E-state index is 13.7. The van der Waals surface area contributed by atoms with Crippen LogP contribution in [0.3, 0.4) is 0 Å². The first-order valence-electron chi connectivity index (χ1n) is 11.3. The maximum atomic E-state index is 13.7. The lowest BCUT2D eigenvalue weighted by Gasteiger charge is -2.37. The monoisotopic (exact) mass is 451 g/mol. The number of rotatable bonds is 6. The second kappa shape index (κ2) is 8.63. The fourth-order valence-corrected chi connectivity index (χ4v) is 4.88. The summed E-state index contributed by atoms with van der Waals surface area (Å²) < 4.78 is 25.5. The van der Waals surface area contributed by atoms with Gasteiger partial charge in [-0.15, -0.1) is 0 Å². The van der Waals surface area contributed by atoms with Gasteiger partial charge in [0.25, 0.3) is 0 Å². The van der Waals surface area contributed by atoms with Crippen molar-refractivity contribution in [3.63, 3.8) is 0 Å². The predicted octanol–water partition coefficient (Wildman–Crippen LogP) is 5.27. The summed E-state index contributed by atoms with van der Waals surface area (Å²) in [4.78, 5) is 16.6. The number of carboxylic acids is 1.